The fourth-order valence-electron chi connectivity index (χ4n) is 2.31. The van der Waals surface area contributed by atoms with Crippen molar-refractivity contribution in [2.24, 2.45) is 5.92 Å². The number of hydrogen-bond donors (Lipinski definition) is 2. The Morgan fingerprint density at radius 1 is 1.38 bits per heavy atom. The Morgan fingerprint density at radius 2 is 2.00 bits per heavy atom. The number of aromatic nitrogens is 2. The number of carboxylic acid groups (broad SMARTS) is 1. The fourth-order valence-corrected chi connectivity index (χ4v) is 2.50. The molecule has 0 saturated carbocycles. The number of halogens is 1. The normalized spacial score (nSPS) is 12.0. The van der Waals surface area contributed by atoms with Gasteiger partial charge in [-0.3, -0.25) is 14.9 Å². The van der Waals surface area contributed by atoms with Gasteiger partial charge in [0.05, 0.1) is 22.5 Å². The summed E-state index contributed by atoms with van der Waals surface area (Å²) in [7, 11) is 0. The van der Waals surface area contributed by atoms with Crippen LogP contribution in [0.1, 0.15) is 20.3 Å². The number of non-ortho nitro benzene ring substituents is 1. The van der Waals surface area contributed by atoms with Crippen molar-refractivity contribution in [1.82, 2.24) is 9.78 Å². The topological polar surface area (TPSA) is 127 Å². The Balaban J connectivity index is 2.34. The smallest absolute Gasteiger partial charge is 0.326 e. The van der Waals surface area contributed by atoms with Gasteiger partial charge < -0.3 is 10.4 Å². The molecule has 1 aromatic carbocycles. The second kappa shape index (κ2) is 7.96. The fraction of sp³-hybridized carbons (Fsp3) is 0.312. The van der Waals surface area contributed by atoms with E-state index < -0.39 is 22.5 Å². The number of benzene rings is 1. The molecule has 2 rings (SSSR count). The number of carboxylic acids is 1. The van der Waals surface area contributed by atoms with Crippen molar-refractivity contribution < 1.29 is 14.8 Å². The van der Waals surface area contributed by atoms with Crippen LogP contribution in [0.3, 0.4) is 0 Å². The number of anilines is 1. The van der Waals surface area contributed by atoms with E-state index in [2.05, 4.69) is 10.4 Å². The van der Waals surface area contributed by atoms with Crippen LogP contribution in [0.4, 0.5) is 11.4 Å². The number of nitrogens with zero attached hydrogens (tertiary/aromatic N) is 3. The van der Waals surface area contributed by atoms with Crippen LogP contribution in [-0.4, -0.2) is 31.8 Å². The van der Waals surface area contributed by atoms with Gasteiger partial charge >= 0.3 is 5.97 Å². The van der Waals surface area contributed by atoms with E-state index in [4.69, 9.17) is 11.6 Å². The average Bonchev–Trinajstić information content (AvgIpc) is 2.58. The van der Waals surface area contributed by atoms with E-state index in [1.54, 1.807) is 0 Å². The molecular formula is C16H17ClN4O5. The largest absolute Gasteiger partial charge is 0.480 e. The molecule has 2 N–H and O–H groups in total. The lowest BCUT2D eigenvalue weighted by molar-refractivity contribution is -0.384. The summed E-state index contributed by atoms with van der Waals surface area (Å²) in [6.45, 7) is 3.76. The number of carbonyl (C=O) groups is 1. The van der Waals surface area contributed by atoms with Crippen LogP contribution >= 0.6 is 11.6 Å². The van der Waals surface area contributed by atoms with Gasteiger partial charge in [-0.15, -0.1) is 0 Å². The van der Waals surface area contributed by atoms with Gasteiger partial charge in [-0.1, -0.05) is 25.4 Å². The van der Waals surface area contributed by atoms with Crippen molar-refractivity contribution in [3.05, 3.63) is 56.0 Å². The van der Waals surface area contributed by atoms with E-state index in [0.29, 0.717) is 12.1 Å². The van der Waals surface area contributed by atoms with Crippen molar-refractivity contribution >= 4 is 28.9 Å². The van der Waals surface area contributed by atoms with Gasteiger partial charge in [-0.2, -0.15) is 9.78 Å². The molecule has 0 aliphatic carbocycles. The Labute approximate surface area is 153 Å². The summed E-state index contributed by atoms with van der Waals surface area (Å²) in [6, 6.07) is 4.31. The number of nitro groups is 1. The van der Waals surface area contributed by atoms with Gasteiger partial charge in [-0.05, 0) is 24.5 Å². The molecule has 0 spiro atoms. The number of rotatable bonds is 7. The molecule has 26 heavy (non-hydrogen) atoms. The minimum absolute atomic E-state index is 0.114. The number of aliphatic carboxylic acids is 1. The maximum Gasteiger partial charge on any atom is 0.326 e. The van der Waals surface area contributed by atoms with Crippen molar-refractivity contribution in [1.29, 1.82) is 0 Å². The Kier molecular flexibility index (Phi) is 5.93. The van der Waals surface area contributed by atoms with E-state index in [-0.39, 0.29) is 22.3 Å². The van der Waals surface area contributed by atoms with E-state index in [9.17, 15) is 24.8 Å². The van der Waals surface area contributed by atoms with E-state index in [1.807, 2.05) is 13.8 Å². The molecule has 0 saturated heterocycles. The Morgan fingerprint density at radius 3 is 2.50 bits per heavy atom. The second-order valence-corrected chi connectivity index (χ2v) is 6.41. The molecule has 0 amide bonds. The maximum atomic E-state index is 12.4. The van der Waals surface area contributed by atoms with Crippen LogP contribution < -0.4 is 10.9 Å². The summed E-state index contributed by atoms with van der Waals surface area (Å²) in [6.07, 6.45) is 1.60. The summed E-state index contributed by atoms with van der Waals surface area (Å²) >= 11 is 6.08. The van der Waals surface area contributed by atoms with Crippen LogP contribution in [0.5, 0.6) is 0 Å². The summed E-state index contributed by atoms with van der Waals surface area (Å²) < 4.78 is 0.982. The third-order valence-corrected chi connectivity index (χ3v) is 3.92. The minimum Gasteiger partial charge on any atom is -0.480 e. The molecule has 0 fully saturated rings. The first-order chi connectivity index (χ1) is 12.2. The molecule has 0 aliphatic rings. The Hall–Kier alpha value is -2.94. The van der Waals surface area contributed by atoms with Gasteiger partial charge in [0.15, 0.2) is 0 Å². The lowest BCUT2D eigenvalue weighted by atomic mass is 10.0. The maximum absolute atomic E-state index is 12.4. The second-order valence-electron chi connectivity index (χ2n) is 6.03. The van der Waals surface area contributed by atoms with Gasteiger partial charge in [0, 0.05) is 12.1 Å². The van der Waals surface area contributed by atoms with Crippen LogP contribution in [0.25, 0.3) is 5.69 Å². The van der Waals surface area contributed by atoms with Gasteiger partial charge in [0.1, 0.15) is 11.1 Å². The van der Waals surface area contributed by atoms with Crippen molar-refractivity contribution in [3.63, 3.8) is 0 Å². The molecule has 1 unspecified atom stereocenters. The quantitative estimate of drug-likeness (QED) is 0.558. The zero-order valence-electron chi connectivity index (χ0n) is 14.0. The van der Waals surface area contributed by atoms with E-state index >= 15 is 0 Å². The van der Waals surface area contributed by atoms with Crippen LogP contribution in [0, 0.1) is 16.0 Å². The third-order valence-electron chi connectivity index (χ3n) is 3.56. The van der Waals surface area contributed by atoms with Crippen molar-refractivity contribution in [2.75, 3.05) is 5.32 Å². The molecule has 9 nitrogen and oxygen atoms in total. The highest BCUT2D eigenvalue weighted by Gasteiger charge is 2.21. The molecule has 0 radical (unpaired) electrons. The number of nitro benzene ring substituents is 1. The highest BCUT2D eigenvalue weighted by Crippen LogP contribution is 2.20. The molecule has 1 heterocycles. The highest BCUT2D eigenvalue weighted by atomic mass is 35.5. The monoisotopic (exact) mass is 380 g/mol. The zero-order chi connectivity index (χ0) is 19.4. The van der Waals surface area contributed by atoms with E-state index in [1.165, 1.54) is 30.5 Å². The van der Waals surface area contributed by atoms with Gasteiger partial charge in [0.2, 0.25) is 0 Å². The van der Waals surface area contributed by atoms with Crippen LogP contribution in [0.15, 0.2) is 35.3 Å². The third kappa shape index (κ3) is 4.37. The zero-order valence-corrected chi connectivity index (χ0v) is 14.8. The molecule has 2 aromatic rings. The molecule has 138 valence electrons. The standard InChI is InChI=1S/C16H17ClN4O5/c1-9(2)7-12(16(23)24)19-13-8-18-20(15(22)14(13)17)10-3-5-11(6-4-10)21(25)26/h3-6,8-9,12,19H,7H2,1-2H3,(H,23,24). The predicted octanol–water partition coefficient (Wildman–Crippen LogP) is 2.71. The summed E-state index contributed by atoms with van der Waals surface area (Å²) in [5.74, 6) is -0.940. The first-order valence-electron chi connectivity index (χ1n) is 7.72. The summed E-state index contributed by atoms with van der Waals surface area (Å²) in [5, 5.41) is 26.5. The molecule has 10 heteroatoms. The van der Waals surface area contributed by atoms with Gasteiger partial charge in [-0.25, -0.2) is 4.79 Å². The average molecular weight is 381 g/mol. The van der Waals surface area contributed by atoms with Crippen molar-refractivity contribution in [3.8, 4) is 5.69 Å². The molecule has 1 atom stereocenters. The minimum atomic E-state index is -1.06. The highest BCUT2D eigenvalue weighted by molar-refractivity contribution is 6.33. The van der Waals surface area contributed by atoms with Crippen molar-refractivity contribution in [2.45, 2.75) is 26.3 Å². The predicted molar refractivity (Wildman–Crippen MR) is 96.0 cm³/mol. The lowest BCUT2D eigenvalue weighted by Gasteiger charge is -2.18. The summed E-state index contributed by atoms with van der Waals surface area (Å²) in [5.41, 5.74) is -0.378. The number of hydrogen-bond acceptors (Lipinski definition) is 6. The van der Waals surface area contributed by atoms with Crippen LogP contribution in [0.2, 0.25) is 5.02 Å². The summed E-state index contributed by atoms with van der Waals surface area (Å²) in [4.78, 5) is 33.9. The first-order valence-corrected chi connectivity index (χ1v) is 8.10. The SMILES string of the molecule is CC(C)CC(Nc1cnn(-c2ccc([N+](=O)[O-])cc2)c(=O)c1Cl)C(=O)O. The lowest BCUT2D eigenvalue weighted by Crippen LogP contribution is -2.32. The number of nitrogens with one attached hydrogen (secondary N) is 1. The van der Waals surface area contributed by atoms with Crippen LogP contribution in [-0.2, 0) is 4.79 Å². The molecule has 0 aliphatic heterocycles. The molecular weight excluding hydrogens is 364 g/mol. The first kappa shape index (κ1) is 19.4. The molecule has 1 aromatic heterocycles. The van der Waals surface area contributed by atoms with Gasteiger partial charge in [0.25, 0.3) is 11.2 Å². The Bertz CT molecular complexity index is 879. The molecule has 0 bridgehead atoms. The van der Waals surface area contributed by atoms with E-state index in [0.717, 1.165) is 4.68 Å².